The van der Waals surface area contributed by atoms with Crippen LogP contribution in [0.25, 0.3) is 0 Å². The molecule has 4 unspecified atom stereocenters. The van der Waals surface area contributed by atoms with Gasteiger partial charge in [0.15, 0.2) is 5.78 Å². The number of hydrogen-bond acceptors (Lipinski definition) is 4. The van der Waals surface area contributed by atoms with Crippen LogP contribution in [-0.2, 0) is 15.2 Å². The van der Waals surface area contributed by atoms with Gasteiger partial charge in [0.25, 0.3) is 0 Å². The van der Waals surface area contributed by atoms with Crippen LogP contribution in [0.3, 0.4) is 0 Å². The predicted octanol–water partition coefficient (Wildman–Crippen LogP) is 3.49. The third-order valence-corrected chi connectivity index (χ3v) is 5.69. The lowest BCUT2D eigenvalue weighted by Gasteiger charge is -2.53. The summed E-state index contributed by atoms with van der Waals surface area (Å²) in [6.45, 7) is 5.21. The third-order valence-electron chi connectivity index (χ3n) is 5.69. The Kier molecular flexibility index (Phi) is 6.90. The number of carbonyl (C=O) groups is 2. The quantitative estimate of drug-likeness (QED) is 0.759. The Morgan fingerprint density at radius 1 is 1.27 bits per heavy atom. The molecule has 0 radical (unpaired) electrons. The molecule has 4 nitrogen and oxygen atoms in total. The summed E-state index contributed by atoms with van der Waals surface area (Å²) in [7, 11) is 2.01. The summed E-state index contributed by atoms with van der Waals surface area (Å²) in [6, 6.07) is 9.73. The monoisotopic (exact) mass is 357 g/mol. The third kappa shape index (κ3) is 4.49. The van der Waals surface area contributed by atoms with Crippen molar-refractivity contribution in [2.45, 2.75) is 64.1 Å². The number of piperidine rings is 1. The summed E-state index contributed by atoms with van der Waals surface area (Å²) in [5.74, 6) is 0.177. The average molecular weight is 357 g/mol. The van der Waals surface area contributed by atoms with Crippen LogP contribution in [0.15, 0.2) is 42.5 Å². The number of rotatable bonds is 7. The molecule has 1 N–H and O–H groups in total. The molecule has 2 rings (SSSR count). The van der Waals surface area contributed by atoms with Crippen molar-refractivity contribution in [1.29, 1.82) is 0 Å². The van der Waals surface area contributed by atoms with Gasteiger partial charge in [0.2, 0.25) is 0 Å². The number of aliphatic hydroxyl groups is 1. The Hall–Kier alpha value is -1.78. The Bertz CT molecular complexity index is 655. The lowest BCUT2D eigenvalue weighted by Crippen LogP contribution is -2.61. The molecule has 0 bridgehead atoms. The van der Waals surface area contributed by atoms with E-state index < -0.39 is 5.60 Å². The highest BCUT2D eigenvalue weighted by atomic mass is 16.3. The predicted molar refractivity (Wildman–Crippen MR) is 104 cm³/mol. The van der Waals surface area contributed by atoms with Gasteiger partial charge in [0, 0.05) is 18.5 Å². The first-order valence-corrected chi connectivity index (χ1v) is 9.43. The van der Waals surface area contributed by atoms with Crippen LogP contribution in [0.2, 0.25) is 0 Å². The fraction of sp³-hybridized carbons (Fsp3) is 0.545. The second kappa shape index (κ2) is 8.74. The van der Waals surface area contributed by atoms with Crippen molar-refractivity contribution in [3.05, 3.63) is 48.0 Å². The number of allylic oxidation sites excluding steroid dienone is 2. The van der Waals surface area contributed by atoms with Crippen LogP contribution in [0.5, 0.6) is 0 Å². The van der Waals surface area contributed by atoms with E-state index in [1.165, 1.54) is 0 Å². The zero-order valence-electron chi connectivity index (χ0n) is 16.3. The highest BCUT2D eigenvalue weighted by Gasteiger charge is 2.50. The highest BCUT2D eigenvalue weighted by Crippen LogP contribution is 2.45. The van der Waals surface area contributed by atoms with Gasteiger partial charge in [0.1, 0.15) is 11.4 Å². The zero-order chi connectivity index (χ0) is 19.3. The topological polar surface area (TPSA) is 57.6 Å². The summed E-state index contributed by atoms with van der Waals surface area (Å²) in [5, 5.41) is 11.7. The minimum atomic E-state index is -1.05. The summed E-state index contributed by atoms with van der Waals surface area (Å²) in [4.78, 5) is 25.2. The average Bonchev–Trinajstić information content (AvgIpc) is 2.60. The van der Waals surface area contributed by atoms with Gasteiger partial charge in [-0.3, -0.25) is 14.5 Å². The lowest BCUT2D eigenvalue weighted by atomic mass is 9.68. The van der Waals surface area contributed by atoms with E-state index in [9.17, 15) is 14.7 Å². The minimum absolute atomic E-state index is 0.0345. The molecule has 4 heteroatoms. The van der Waals surface area contributed by atoms with Crippen molar-refractivity contribution in [3.8, 4) is 0 Å². The molecule has 0 saturated carbocycles. The molecule has 0 spiro atoms. The van der Waals surface area contributed by atoms with Crippen molar-refractivity contribution in [2.75, 3.05) is 7.05 Å². The van der Waals surface area contributed by atoms with E-state index in [2.05, 4.69) is 11.8 Å². The molecule has 1 aromatic carbocycles. The van der Waals surface area contributed by atoms with Crippen molar-refractivity contribution in [3.63, 3.8) is 0 Å². The number of likely N-dealkylation sites (N-methyl/N-ethyl adjacent to an activating group) is 1. The molecule has 142 valence electrons. The van der Waals surface area contributed by atoms with Crippen LogP contribution < -0.4 is 0 Å². The molecule has 0 aliphatic carbocycles. The van der Waals surface area contributed by atoms with Gasteiger partial charge >= 0.3 is 0 Å². The van der Waals surface area contributed by atoms with E-state index >= 15 is 0 Å². The summed E-state index contributed by atoms with van der Waals surface area (Å²) in [5.41, 5.74) is -0.173. The number of ketones is 2. The van der Waals surface area contributed by atoms with Gasteiger partial charge in [-0.1, -0.05) is 43.3 Å². The van der Waals surface area contributed by atoms with Gasteiger partial charge in [-0.25, -0.2) is 0 Å². The van der Waals surface area contributed by atoms with E-state index in [-0.39, 0.29) is 29.6 Å². The SMILES string of the molecule is CC(=O)/C=C/CCC1CC(C)C(O)(c2ccccc2)C(CC(C)=O)N1C. The van der Waals surface area contributed by atoms with E-state index in [1.54, 1.807) is 19.9 Å². The van der Waals surface area contributed by atoms with Crippen molar-refractivity contribution in [1.82, 2.24) is 4.90 Å². The number of benzene rings is 1. The summed E-state index contributed by atoms with van der Waals surface area (Å²) in [6.07, 6.45) is 6.43. The van der Waals surface area contributed by atoms with Gasteiger partial charge in [0.05, 0.1) is 0 Å². The smallest absolute Gasteiger partial charge is 0.152 e. The van der Waals surface area contributed by atoms with Crippen LogP contribution in [0.1, 0.15) is 52.0 Å². The van der Waals surface area contributed by atoms with Gasteiger partial charge in [-0.05, 0) is 57.7 Å². The maximum Gasteiger partial charge on any atom is 0.152 e. The molecule has 1 aliphatic rings. The molecule has 4 atom stereocenters. The maximum absolute atomic E-state index is 11.9. The molecule has 1 heterocycles. The molecule has 1 aromatic rings. The van der Waals surface area contributed by atoms with Crippen LogP contribution in [0, 0.1) is 5.92 Å². The molecule has 1 fully saturated rings. The van der Waals surface area contributed by atoms with Crippen LogP contribution in [0.4, 0.5) is 0 Å². The zero-order valence-corrected chi connectivity index (χ0v) is 16.3. The molecule has 0 amide bonds. The molecular weight excluding hydrogens is 326 g/mol. The number of carbonyl (C=O) groups excluding carboxylic acids is 2. The highest BCUT2D eigenvalue weighted by molar-refractivity contribution is 5.87. The first kappa shape index (κ1) is 20.5. The van der Waals surface area contributed by atoms with Crippen molar-refractivity contribution in [2.24, 2.45) is 5.92 Å². The Balaban J connectivity index is 2.26. The Morgan fingerprint density at radius 3 is 2.50 bits per heavy atom. The van der Waals surface area contributed by atoms with Gasteiger partial charge in [-0.15, -0.1) is 0 Å². The number of hydrogen-bond donors (Lipinski definition) is 1. The Morgan fingerprint density at radius 2 is 1.92 bits per heavy atom. The fourth-order valence-corrected chi connectivity index (χ4v) is 4.26. The first-order valence-electron chi connectivity index (χ1n) is 9.43. The normalized spacial score (nSPS) is 29.8. The van der Waals surface area contributed by atoms with Crippen molar-refractivity contribution < 1.29 is 14.7 Å². The molecular formula is C22H31NO3. The summed E-state index contributed by atoms with van der Waals surface area (Å²) < 4.78 is 0. The second-order valence-corrected chi connectivity index (χ2v) is 7.66. The molecule has 26 heavy (non-hydrogen) atoms. The van der Waals surface area contributed by atoms with E-state index in [1.807, 2.05) is 43.5 Å². The van der Waals surface area contributed by atoms with Gasteiger partial charge < -0.3 is 5.11 Å². The summed E-state index contributed by atoms with van der Waals surface area (Å²) >= 11 is 0. The van der Waals surface area contributed by atoms with E-state index in [0.717, 1.165) is 24.8 Å². The largest absolute Gasteiger partial charge is 0.383 e. The van der Waals surface area contributed by atoms with Crippen LogP contribution >= 0.6 is 0 Å². The minimum Gasteiger partial charge on any atom is -0.383 e. The molecule has 1 aliphatic heterocycles. The first-order chi connectivity index (χ1) is 12.3. The molecule has 1 saturated heterocycles. The van der Waals surface area contributed by atoms with Crippen molar-refractivity contribution >= 4 is 11.6 Å². The number of likely N-dealkylation sites (tertiary alicyclic amines) is 1. The van der Waals surface area contributed by atoms with Crippen LogP contribution in [-0.4, -0.2) is 40.7 Å². The number of nitrogens with zero attached hydrogens (tertiary/aromatic N) is 1. The molecule has 0 aromatic heterocycles. The standard InChI is InChI=1S/C22H31NO3/c1-16-14-20(13-9-8-10-17(2)24)23(4)21(15-18(3)25)22(16,26)19-11-6-5-7-12-19/h5-8,10-12,16,20-21,26H,9,13-15H2,1-4H3/b10-8+. The van der Waals surface area contributed by atoms with E-state index in [0.29, 0.717) is 6.42 Å². The fourth-order valence-electron chi connectivity index (χ4n) is 4.26. The van der Waals surface area contributed by atoms with Gasteiger partial charge in [-0.2, -0.15) is 0 Å². The maximum atomic E-state index is 11.9. The lowest BCUT2D eigenvalue weighted by molar-refractivity contribution is -0.147. The number of Topliss-reactive ketones (excluding diaryl/α,β-unsaturated/α-hetero) is 1. The second-order valence-electron chi connectivity index (χ2n) is 7.66. The van der Waals surface area contributed by atoms with E-state index in [4.69, 9.17) is 0 Å². The Labute approximate surface area is 156 Å².